The van der Waals surface area contributed by atoms with E-state index in [1.165, 1.54) is 13.8 Å². The molecular formula is C12H16F4N2O2S. The molecule has 1 aromatic rings. The molecule has 0 bridgehead atoms. The fourth-order valence-electron chi connectivity index (χ4n) is 2.06. The molecule has 120 valence electrons. The third-order valence-corrected chi connectivity index (χ3v) is 4.91. The van der Waals surface area contributed by atoms with Crippen LogP contribution in [0.4, 0.5) is 17.6 Å². The summed E-state index contributed by atoms with van der Waals surface area (Å²) in [5.41, 5.74) is 5.29. The molecule has 0 unspecified atom stereocenters. The fraction of sp³-hybridized carbons (Fsp3) is 0.500. The van der Waals surface area contributed by atoms with E-state index in [0.29, 0.717) is 0 Å². The first-order valence-electron chi connectivity index (χ1n) is 6.02. The zero-order valence-electron chi connectivity index (χ0n) is 11.5. The molecular weight excluding hydrogens is 312 g/mol. The summed E-state index contributed by atoms with van der Waals surface area (Å²) in [6, 6.07) is 1.93. The number of benzene rings is 1. The number of hydrogen-bond acceptors (Lipinski definition) is 3. The second kappa shape index (κ2) is 6.29. The zero-order chi connectivity index (χ0) is 16.4. The molecule has 0 atom stereocenters. The molecule has 0 amide bonds. The van der Waals surface area contributed by atoms with Gasteiger partial charge in [-0.05, 0) is 37.1 Å². The minimum atomic E-state index is -4.69. The van der Waals surface area contributed by atoms with Crippen LogP contribution < -0.4 is 5.73 Å². The van der Waals surface area contributed by atoms with Crippen molar-refractivity contribution in [2.24, 2.45) is 5.73 Å². The highest BCUT2D eigenvalue weighted by Gasteiger charge is 2.37. The predicted octanol–water partition coefficient (Wildman–Crippen LogP) is 1.95. The maximum atomic E-state index is 13.2. The van der Waals surface area contributed by atoms with Crippen LogP contribution in [0.1, 0.15) is 11.1 Å². The van der Waals surface area contributed by atoms with Crippen LogP contribution in [0.5, 0.6) is 0 Å². The highest BCUT2D eigenvalue weighted by molar-refractivity contribution is 7.89. The monoisotopic (exact) mass is 328 g/mol. The maximum Gasteiger partial charge on any atom is 0.402 e. The molecule has 0 aliphatic carbocycles. The van der Waals surface area contributed by atoms with E-state index >= 15 is 0 Å². The van der Waals surface area contributed by atoms with Gasteiger partial charge in [-0.2, -0.15) is 17.5 Å². The van der Waals surface area contributed by atoms with Crippen LogP contribution in [0.25, 0.3) is 0 Å². The second-order valence-corrected chi connectivity index (χ2v) is 6.49. The number of hydrogen-bond donors (Lipinski definition) is 1. The number of nitrogens with zero attached hydrogens (tertiary/aromatic N) is 1. The first-order valence-corrected chi connectivity index (χ1v) is 7.46. The van der Waals surface area contributed by atoms with Crippen molar-refractivity contribution in [2.45, 2.75) is 24.9 Å². The van der Waals surface area contributed by atoms with Crippen LogP contribution >= 0.6 is 0 Å². The van der Waals surface area contributed by atoms with E-state index in [0.717, 1.165) is 12.1 Å². The first-order chi connectivity index (χ1) is 9.49. The van der Waals surface area contributed by atoms with E-state index < -0.39 is 35.1 Å². The van der Waals surface area contributed by atoms with Crippen molar-refractivity contribution in [1.29, 1.82) is 0 Å². The van der Waals surface area contributed by atoms with E-state index in [9.17, 15) is 26.0 Å². The van der Waals surface area contributed by atoms with Crippen LogP contribution in [0.2, 0.25) is 0 Å². The summed E-state index contributed by atoms with van der Waals surface area (Å²) in [5, 5.41) is 0. The highest BCUT2D eigenvalue weighted by atomic mass is 32.2. The van der Waals surface area contributed by atoms with Gasteiger partial charge >= 0.3 is 6.18 Å². The Bertz CT molecular complexity index is 591. The van der Waals surface area contributed by atoms with E-state index in [2.05, 4.69) is 0 Å². The minimum absolute atomic E-state index is 0.0525. The van der Waals surface area contributed by atoms with Crippen LogP contribution in [0.15, 0.2) is 17.0 Å². The molecule has 9 heteroatoms. The Labute approximate surface area is 120 Å². The molecule has 1 aromatic carbocycles. The number of sulfonamides is 1. The number of nitrogens with two attached hydrogens (primary N) is 1. The summed E-state index contributed by atoms with van der Waals surface area (Å²) in [6.45, 7) is 0.295. The lowest BCUT2D eigenvalue weighted by Gasteiger charge is -2.24. The minimum Gasteiger partial charge on any atom is -0.329 e. The molecule has 0 spiro atoms. The lowest BCUT2D eigenvalue weighted by atomic mass is 10.1. The molecule has 2 N–H and O–H groups in total. The third-order valence-electron chi connectivity index (χ3n) is 2.76. The second-order valence-electron chi connectivity index (χ2n) is 4.61. The Hall–Kier alpha value is -1.19. The zero-order valence-corrected chi connectivity index (χ0v) is 12.4. The molecule has 0 radical (unpaired) electrons. The molecule has 1 rings (SSSR count). The van der Waals surface area contributed by atoms with Crippen LogP contribution in [-0.4, -0.2) is 38.5 Å². The third kappa shape index (κ3) is 4.39. The highest BCUT2D eigenvalue weighted by Crippen LogP contribution is 2.27. The van der Waals surface area contributed by atoms with E-state index in [4.69, 9.17) is 5.73 Å². The Balaban J connectivity index is 3.36. The first kappa shape index (κ1) is 17.9. The number of rotatable bonds is 5. The smallest absolute Gasteiger partial charge is 0.329 e. The molecule has 0 heterocycles. The molecule has 21 heavy (non-hydrogen) atoms. The molecule has 0 saturated carbocycles. The number of aryl methyl sites for hydroxylation is 2. The van der Waals surface area contributed by atoms with E-state index in [-0.39, 0.29) is 26.9 Å². The summed E-state index contributed by atoms with van der Waals surface area (Å²) in [4.78, 5) is -0.318. The summed E-state index contributed by atoms with van der Waals surface area (Å²) in [7, 11) is -4.41. The molecule has 0 saturated heterocycles. The topological polar surface area (TPSA) is 63.4 Å². The standard InChI is InChI=1S/C12H16F4N2O2S/c1-8-5-10(13)6-9(2)11(8)21(19,20)18(4-3-17)7-12(14,15)16/h5-6H,3-4,7,17H2,1-2H3. The van der Waals surface area contributed by atoms with E-state index in [1.54, 1.807) is 0 Å². The molecule has 0 aliphatic heterocycles. The predicted molar refractivity (Wildman–Crippen MR) is 69.7 cm³/mol. The van der Waals surface area contributed by atoms with Crippen molar-refractivity contribution in [2.75, 3.05) is 19.6 Å². The van der Waals surface area contributed by atoms with Gasteiger partial charge in [-0.1, -0.05) is 0 Å². The average molecular weight is 328 g/mol. The normalized spacial score (nSPS) is 13.0. The Morgan fingerprint density at radius 2 is 1.67 bits per heavy atom. The molecule has 0 aromatic heterocycles. The van der Waals surface area contributed by atoms with Crippen LogP contribution in [0, 0.1) is 19.7 Å². The van der Waals surface area contributed by atoms with Gasteiger partial charge in [0.05, 0.1) is 4.90 Å². The van der Waals surface area contributed by atoms with Crippen molar-refractivity contribution in [3.05, 3.63) is 29.1 Å². The van der Waals surface area contributed by atoms with Gasteiger partial charge in [-0.15, -0.1) is 0 Å². The van der Waals surface area contributed by atoms with Crippen LogP contribution in [0.3, 0.4) is 0 Å². The van der Waals surface area contributed by atoms with Crippen molar-refractivity contribution >= 4 is 10.0 Å². The lowest BCUT2D eigenvalue weighted by molar-refractivity contribution is -0.136. The van der Waals surface area contributed by atoms with Gasteiger partial charge in [-0.3, -0.25) is 0 Å². The number of halogens is 4. The molecule has 0 fully saturated rings. The van der Waals surface area contributed by atoms with E-state index in [1.807, 2.05) is 0 Å². The maximum absolute atomic E-state index is 13.2. The summed E-state index contributed by atoms with van der Waals surface area (Å²) in [6.07, 6.45) is -4.69. The lowest BCUT2D eigenvalue weighted by Crippen LogP contribution is -2.42. The van der Waals surface area contributed by atoms with Gasteiger partial charge < -0.3 is 5.73 Å². The van der Waals surface area contributed by atoms with Crippen molar-refractivity contribution in [3.8, 4) is 0 Å². The molecule has 0 aliphatic rings. The number of alkyl halides is 3. The molecule has 4 nitrogen and oxygen atoms in total. The van der Waals surface area contributed by atoms with Crippen molar-refractivity contribution in [1.82, 2.24) is 4.31 Å². The summed E-state index contributed by atoms with van der Waals surface area (Å²) >= 11 is 0. The van der Waals surface area contributed by atoms with Crippen molar-refractivity contribution < 1.29 is 26.0 Å². The van der Waals surface area contributed by atoms with Gasteiger partial charge in [0.2, 0.25) is 10.0 Å². The Morgan fingerprint density at radius 1 is 1.19 bits per heavy atom. The Morgan fingerprint density at radius 3 is 2.05 bits per heavy atom. The Kier molecular flexibility index (Phi) is 5.35. The SMILES string of the molecule is Cc1cc(F)cc(C)c1S(=O)(=O)N(CCN)CC(F)(F)F. The largest absolute Gasteiger partial charge is 0.402 e. The fourth-order valence-corrected chi connectivity index (χ4v) is 3.91. The average Bonchev–Trinajstić information content (AvgIpc) is 2.24. The quantitative estimate of drug-likeness (QED) is 0.841. The van der Waals surface area contributed by atoms with Gasteiger partial charge in [0, 0.05) is 13.1 Å². The van der Waals surface area contributed by atoms with Crippen LogP contribution in [-0.2, 0) is 10.0 Å². The van der Waals surface area contributed by atoms with Gasteiger partial charge in [0.25, 0.3) is 0 Å². The van der Waals surface area contributed by atoms with Gasteiger partial charge in [0.1, 0.15) is 12.4 Å². The van der Waals surface area contributed by atoms with Crippen molar-refractivity contribution in [3.63, 3.8) is 0 Å². The summed E-state index contributed by atoms with van der Waals surface area (Å²) in [5.74, 6) is -0.648. The van der Waals surface area contributed by atoms with Gasteiger partial charge in [-0.25, -0.2) is 12.8 Å². The summed E-state index contributed by atoms with van der Waals surface area (Å²) < 4.78 is 75.9. The van der Waals surface area contributed by atoms with Gasteiger partial charge in [0.15, 0.2) is 0 Å².